The van der Waals surface area contributed by atoms with Crippen LogP contribution in [0.5, 0.6) is 0 Å². The maximum atomic E-state index is 14.1. The van der Waals surface area contributed by atoms with Gasteiger partial charge >= 0.3 is 0 Å². The summed E-state index contributed by atoms with van der Waals surface area (Å²) in [6.45, 7) is 1.76. The summed E-state index contributed by atoms with van der Waals surface area (Å²) in [6, 6.07) is 16.1. The zero-order chi connectivity index (χ0) is 20.2. The predicted octanol–water partition coefficient (Wildman–Crippen LogP) is 4.65. The molecule has 2 aromatic heterocycles. The molecule has 0 saturated heterocycles. The first kappa shape index (κ1) is 19.3. The van der Waals surface area contributed by atoms with Gasteiger partial charge in [0.2, 0.25) is 5.91 Å². The highest BCUT2D eigenvalue weighted by Crippen LogP contribution is 2.28. The fraction of sp³-hybridized carbons (Fsp3) is 0.100. The summed E-state index contributed by atoms with van der Waals surface area (Å²) < 4.78 is 15.6. The van der Waals surface area contributed by atoms with Crippen molar-refractivity contribution in [3.05, 3.63) is 72.1 Å². The Balaban J connectivity index is 1.44. The largest absolute Gasteiger partial charge is 0.301 e. The lowest BCUT2D eigenvalue weighted by molar-refractivity contribution is -0.115. The van der Waals surface area contributed by atoms with Crippen LogP contribution in [0.25, 0.3) is 16.9 Å². The number of carbonyl (C=O) groups excluding carboxylic acids is 1. The molecule has 0 fully saturated rings. The summed E-state index contributed by atoms with van der Waals surface area (Å²) in [6.07, 6.45) is 1.43. The molecule has 4 rings (SSSR count). The van der Waals surface area contributed by atoms with E-state index in [0.717, 1.165) is 11.3 Å². The molecule has 2 heterocycles. The van der Waals surface area contributed by atoms with Gasteiger partial charge in [0.15, 0.2) is 10.3 Å². The molecule has 9 heteroatoms. The van der Waals surface area contributed by atoms with Gasteiger partial charge in [-0.1, -0.05) is 54.2 Å². The number of anilines is 1. The molecule has 4 aromatic rings. The van der Waals surface area contributed by atoms with Crippen molar-refractivity contribution in [2.75, 3.05) is 5.32 Å². The lowest BCUT2D eigenvalue weighted by atomic mass is 10.2. The lowest BCUT2D eigenvalue weighted by Gasteiger charge is -2.11. The van der Waals surface area contributed by atoms with Crippen LogP contribution in [0.3, 0.4) is 0 Å². The predicted molar refractivity (Wildman–Crippen MR) is 113 cm³/mol. The quantitative estimate of drug-likeness (QED) is 0.455. The standard InChI is InChI=1S/C20H16FN5OS2/c1-13(29-20-25-22-12-26(20)17-10-6-5-9-15(17)21)18(27)24-19-23-16(11-28-19)14-7-3-2-4-8-14/h2-13H,1H3,(H,23,24,27). The van der Waals surface area contributed by atoms with Crippen LogP contribution in [0, 0.1) is 5.82 Å². The van der Waals surface area contributed by atoms with E-state index >= 15 is 0 Å². The average Bonchev–Trinajstić information content (AvgIpc) is 3.39. The minimum absolute atomic E-state index is 0.216. The Kier molecular flexibility index (Phi) is 5.68. The summed E-state index contributed by atoms with van der Waals surface area (Å²) in [5, 5.41) is 13.1. The van der Waals surface area contributed by atoms with E-state index in [4.69, 9.17) is 0 Å². The number of aromatic nitrogens is 4. The number of benzene rings is 2. The molecule has 0 aliphatic carbocycles. The second-order valence-electron chi connectivity index (χ2n) is 6.09. The average molecular weight is 426 g/mol. The van der Waals surface area contributed by atoms with Crippen LogP contribution in [0.1, 0.15) is 6.92 Å². The van der Waals surface area contributed by atoms with E-state index in [9.17, 15) is 9.18 Å². The highest BCUT2D eigenvalue weighted by atomic mass is 32.2. The van der Waals surface area contributed by atoms with Crippen LogP contribution in [0.2, 0.25) is 0 Å². The summed E-state index contributed by atoms with van der Waals surface area (Å²) in [7, 11) is 0. The fourth-order valence-electron chi connectivity index (χ4n) is 2.61. The number of halogens is 1. The Labute approximate surface area is 174 Å². The molecule has 1 amide bonds. The monoisotopic (exact) mass is 425 g/mol. The molecule has 1 N–H and O–H groups in total. The second kappa shape index (κ2) is 8.54. The Hall–Kier alpha value is -3.04. The van der Waals surface area contributed by atoms with Gasteiger partial charge < -0.3 is 5.32 Å². The number of hydrogen-bond acceptors (Lipinski definition) is 6. The Bertz CT molecular complexity index is 1130. The Morgan fingerprint density at radius 2 is 1.93 bits per heavy atom. The van der Waals surface area contributed by atoms with Crippen molar-refractivity contribution in [3.8, 4) is 16.9 Å². The smallest absolute Gasteiger partial charge is 0.239 e. The van der Waals surface area contributed by atoms with Crippen molar-refractivity contribution in [3.63, 3.8) is 0 Å². The van der Waals surface area contributed by atoms with Crippen molar-refractivity contribution >= 4 is 34.1 Å². The van der Waals surface area contributed by atoms with Gasteiger partial charge in [0.25, 0.3) is 0 Å². The van der Waals surface area contributed by atoms with E-state index in [1.807, 2.05) is 35.7 Å². The van der Waals surface area contributed by atoms with Crippen LogP contribution in [0.15, 0.2) is 71.5 Å². The SMILES string of the molecule is CC(Sc1nncn1-c1ccccc1F)C(=O)Nc1nc(-c2ccccc2)cs1. The van der Waals surface area contributed by atoms with Crippen LogP contribution in [-0.2, 0) is 4.79 Å². The first-order valence-electron chi connectivity index (χ1n) is 8.75. The fourth-order valence-corrected chi connectivity index (χ4v) is 4.17. The number of thioether (sulfide) groups is 1. The zero-order valence-electron chi connectivity index (χ0n) is 15.3. The lowest BCUT2D eigenvalue weighted by Crippen LogP contribution is -2.22. The van der Waals surface area contributed by atoms with Crippen LogP contribution in [-0.4, -0.2) is 30.9 Å². The number of rotatable bonds is 6. The highest BCUT2D eigenvalue weighted by Gasteiger charge is 2.20. The molecule has 6 nitrogen and oxygen atoms in total. The summed E-state index contributed by atoms with van der Waals surface area (Å²) in [5.41, 5.74) is 2.13. The highest BCUT2D eigenvalue weighted by molar-refractivity contribution is 8.00. The zero-order valence-corrected chi connectivity index (χ0v) is 17.0. The third-order valence-corrected chi connectivity index (χ3v) is 5.90. The molecule has 0 radical (unpaired) electrons. The third-order valence-electron chi connectivity index (χ3n) is 4.08. The van der Waals surface area contributed by atoms with E-state index in [2.05, 4.69) is 20.5 Å². The van der Waals surface area contributed by atoms with E-state index in [-0.39, 0.29) is 11.7 Å². The van der Waals surface area contributed by atoms with Gasteiger partial charge in [-0.15, -0.1) is 21.5 Å². The van der Waals surface area contributed by atoms with Crippen molar-refractivity contribution in [2.45, 2.75) is 17.3 Å². The molecular weight excluding hydrogens is 409 g/mol. The van der Waals surface area contributed by atoms with Crippen molar-refractivity contribution in [2.24, 2.45) is 0 Å². The topological polar surface area (TPSA) is 72.7 Å². The van der Waals surface area contributed by atoms with E-state index < -0.39 is 5.25 Å². The minimum atomic E-state index is -0.478. The summed E-state index contributed by atoms with van der Waals surface area (Å²) >= 11 is 2.56. The molecule has 29 heavy (non-hydrogen) atoms. The van der Waals surface area contributed by atoms with Gasteiger partial charge in [0, 0.05) is 10.9 Å². The number of thiazole rings is 1. The molecule has 1 atom stereocenters. The van der Waals surface area contributed by atoms with Crippen molar-refractivity contribution in [1.29, 1.82) is 0 Å². The van der Waals surface area contributed by atoms with Crippen molar-refractivity contribution < 1.29 is 9.18 Å². The Morgan fingerprint density at radius 3 is 2.72 bits per heavy atom. The summed E-state index contributed by atoms with van der Waals surface area (Å²) in [4.78, 5) is 17.1. The molecule has 1 unspecified atom stereocenters. The number of nitrogens with zero attached hydrogens (tertiary/aromatic N) is 4. The number of hydrogen-bond donors (Lipinski definition) is 1. The first-order chi connectivity index (χ1) is 14.1. The Morgan fingerprint density at radius 1 is 1.17 bits per heavy atom. The van der Waals surface area contributed by atoms with E-state index in [1.54, 1.807) is 25.1 Å². The van der Waals surface area contributed by atoms with Crippen LogP contribution < -0.4 is 5.32 Å². The number of carbonyl (C=O) groups is 1. The van der Waals surface area contributed by atoms with E-state index in [0.29, 0.717) is 16.0 Å². The molecule has 0 spiro atoms. The van der Waals surface area contributed by atoms with Gasteiger partial charge in [-0.05, 0) is 19.1 Å². The van der Waals surface area contributed by atoms with E-state index in [1.165, 1.54) is 40.1 Å². The molecule has 2 aromatic carbocycles. The number of para-hydroxylation sites is 1. The van der Waals surface area contributed by atoms with Crippen LogP contribution >= 0.6 is 23.1 Å². The second-order valence-corrected chi connectivity index (χ2v) is 8.25. The third kappa shape index (κ3) is 4.36. The molecular formula is C20H16FN5OS2. The molecule has 0 saturated carbocycles. The molecule has 146 valence electrons. The molecule has 0 aliphatic rings. The normalized spacial score (nSPS) is 11.9. The number of nitrogens with one attached hydrogen (secondary N) is 1. The van der Waals surface area contributed by atoms with Gasteiger partial charge in [-0.3, -0.25) is 9.36 Å². The van der Waals surface area contributed by atoms with Gasteiger partial charge in [0.1, 0.15) is 12.1 Å². The van der Waals surface area contributed by atoms with Crippen molar-refractivity contribution in [1.82, 2.24) is 19.7 Å². The van der Waals surface area contributed by atoms with Gasteiger partial charge in [-0.2, -0.15) is 0 Å². The number of amides is 1. The van der Waals surface area contributed by atoms with Gasteiger partial charge in [-0.25, -0.2) is 9.37 Å². The van der Waals surface area contributed by atoms with Gasteiger partial charge in [0.05, 0.1) is 16.6 Å². The molecule has 0 aliphatic heterocycles. The minimum Gasteiger partial charge on any atom is -0.301 e. The summed E-state index contributed by atoms with van der Waals surface area (Å²) in [5.74, 6) is -0.602. The maximum absolute atomic E-state index is 14.1. The molecule has 0 bridgehead atoms. The first-order valence-corrected chi connectivity index (χ1v) is 10.5. The van der Waals surface area contributed by atoms with Crippen LogP contribution in [0.4, 0.5) is 9.52 Å². The maximum Gasteiger partial charge on any atom is 0.239 e.